The second kappa shape index (κ2) is 5.59. The van der Waals surface area contributed by atoms with E-state index in [1.54, 1.807) is 18.5 Å². The number of Topliss-reactive ketones (excluding diaryl/α,β-unsaturated/α-hetero) is 1. The Balaban J connectivity index is 2.11. The summed E-state index contributed by atoms with van der Waals surface area (Å²) in [6, 6.07) is 9.42. The molecule has 0 radical (unpaired) electrons. The Morgan fingerprint density at radius 3 is 2.71 bits per heavy atom. The Labute approximate surface area is 104 Å². The zero-order valence-corrected chi connectivity index (χ0v) is 10.3. The summed E-state index contributed by atoms with van der Waals surface area (Å²) in [5, 5.41) is 0.920. The maximum Gasteiger partial charge on any atom is 0.180 e. The van der Waals surface area contributed by atoms with Crippen molar-refractivity contribution in [3.63, 3.8) is 0 Å². The van der Waals surface area contributed by atoms with Crippen molar-refractivity contribution < 1.29 is 4.79 Å². The van der Waals surface area contributed by atoms with E-state index < -0.39 is 0 Å². The summed E-state index contributed by atoms with van der Waals surface area (Å²) in [5.41, 5.74) is 0.526. The Kier molecular flexibility index (Phi) is 3.88. The van der Waals surface area contributed by atoms with Crippen LogP contribution < -0.4 is 0 Å². The van der Waals surface area contributed by atoms with Crippen molar-refractivity contribution in [3.8, 4) is 0 Å². The molecule has 3 nitrogen and oxygen atoms in total. The summed E-state index contributed by atoms with van der Waals surface area (Å²) >= 11 is 1.53. The number of rotatable bonds is 4. The number of ketones is 1. The summed E-state index contributed by atoms with van der Waals surface area (Å²) in [6.07, 6.45) is 3.95. The zero-order chi connectivity index (χ0) is 12.1. The molecule has 86 valence electrons. The Hall–Kier alpha value is -1.68. The van der Waals surface area contributed by atoms with Gasteiger partial charge in [0.25, 0.3) is 0 Å². The summed E-state index contributed by atoms with van der Waals surface area (Å²) in [5.74, 6) is 0.0689. The SMILES string of the molecule is CCC(=O)c1ccc(Sc2ccccn2)cn1. The van der Waals surface area contributed by atoms with Crippen LogP contribution >= 0.6 is 11.8 Å². The molecule has 0 aliphatic heterocycles. The molecule has 2 aromatic rings. The predicted molar refractivity (Wildman–Crippen MR) is 67.2 cm³/mol. The van der Waals surface area contributed by atoms with Gasteiger partial charge in [-0.2, -0.15) is 0 Å². The Bertz CT molecular complexity index is 497. The smallest absolute Gasteiger partial charge is 0.180 e. The highest BCUT2D eigenvalue weighted by Gasteiger charge is 2.04. The Morgan fingerprint density at radius 2 is 2.12 bits per heavy atom. The first kappa shape index (κ1) is 11.8. The van der Waals surface area contributed by atoms with E-state index in [-0.39, 0.29) is 5.78 Å². The quantitative estimate of drug-likeness (QED) is 0.774. The van der Waals surface area contributed by atoms with Gasteiger partial charge in [-0.25, -0.2) is 4.98 Å². The van der Waals surface area contributed by atoms with E-state index in [9.17, 15) is 4.79 Å². The van der Waals surface area contributed by atoms with Crippen LogP contribution in [-0.2, 0) is 0 Å². The van der Waals surface area contributed by atoms with Crippen LogP contribution in [0.5, 0.6) is 0 Å². The van der Waals surface area contributed by atoms with Crippen molar-refractivity contribution in [2.24, 2.45) is 0 Å². The number of carbonyl (C=O) groups is 1. The zero-order valence-electron chi connectivity index (χ0n) is 9.46. The lowest BCUT2D eigenvalue weighted by Gasteiger charge is -2.01. The summed E-state index contributed by atoms with van der Waals surface area (Å²) in [6.45, 7) is 1.83. The van der Waals surface area contributed by atoms with Gasteiger partial charge in [0.2, 0.25) is 0 Å². The largest absolute Gasteiger partial charge is 0.292 e. The lowest BCUT2D eigenvalue weighted by atomic mass is 10.2. The van der Waals surface area contributed by atoms with Gasteiger partial charge in [-0.3, -0.25) is 9.78 Å². The number of nitrogens with zero attached hydrogens (tertiary/aromatic N) is 2. The third-order valence-corrected chi connectivity index (χ3v) is 3.13. The minimum absolute atomic E-state index is 0.0689. The van der Waals surface area contributed by atoms with Gasteiger partial charge in [0.1, 0.15) is 10.7 Å². The number of aromatic nitrogens is 2. The minimum atomic E-state index is 0.0689. The average molecular weight is 244 g/mol. The normalized spacial score (nSPS) is 10.2. The van der Waals surface area contributed by atoms with E-state index in [1.807, 2.05) is 31.2 Å². The molecule has 0 aromatic carbocycles. The van der Waals surface area contributed by atoms with Gasteiger partial charge in [-0.05, 0) is 24.3 Å². The fourth-order valence-corrected chi connectivity index (χ4v) is 2.06. The van der Waals surface area contributed by atoms with Gasteiger partial charge < -0.3 is 0 Å². The monoisotopic (exact) mass is 244 g/mol. The molecule has 2 heterocycles. The molecule has 0 aliphatic rings. The summed E-state index contributed by atoms with van der Waals surface area (Å²) in [4.78, 5) is 20.7. The topological polar surface area (TPSA) is 42.9 Å². The molecule has 0 saturated heterocycles. The van der Waals surface area contributed by atoms with Crippen LogP contribution in [0.15, 0.2) is 52.6 Å². The number of hydrogen-bond acceptors (Lipinski definition) is 4. The first-order valence-electron chi connectivity index (χ1n) is 5.37. The molecule has 0 amide bonds. The fraction of sp³-hybridized carbons (Fsp3) is 0.154. The van der Waals surface area contributed by atoms with Crippen molar-refractivity contribution in [1.82, 2.24) is 9.97 Å². The fourth-order valence-electron chi connectivity index (χ4n) is 1.31. The van der Waals surface area contributed by atoms with Crippen LogP contribution in [0, 0.1) is 0 Å². The first-order chi connectivity index (χ1) is 8.29. The molecule has 0 spiro atoms. The van der Waals surface area contributed by atoms with Gasteiger partial charge in [-0.1, -0.05) is 24.8 Å². The standard InChI is InChI=1S/C13H12N2OS/c1-2-12(16)11-7-6-10(9-15-11)17-13-5-3-4-8-14-13/h3-9H,2H2,1H3. The van der Waals surface area contributed by atoms with Crippen LogP contribution in [0.4, 0.5) is 0 Å². The highest BCUT2D eigenvalue weighted by atomic mass is 32.2. The third kappa shape index (κ3) is 3.14. The molecule has 4 heteroatoms. The minimum Gasteiger partial charge on any atom is -0.292 e. The lowest BCUT2D eigenvalue weighted by molar-refractivity contribution is 0.0983. The van der Waals surface area contributed by atoms with Crippen LogP contribution in [0.2, 0.25) is 0 Å². The molecule has 0 saturated carbocycles. The molecule has 0 unspecified atom stereocenters. The molecule has 0 aliphatic carbocycles. The molecular formula is C13H12N2OS. The van der Waals surface area contributed by atoms with E-state index >= 15 is 0 Å². The summed E-state index contributed by atoms with van der Waals surface area (Å²) < 4.78 is 0. The van der Waals surface area contributed by atoms with E-state index in [0.29, 0.717) is 12.1 Å². The lowest BCUT2D eigenvalue weighted by Crippen LogP contribution is -1.99. The van der Waals surface area contributed by atoms with E-state index in [4.69, 9.17) is 0 Å². The molecule has 0 N–H and O–H groups in total. The van der Waals surface area contributed by atoms with Gasteiger partial charge in [0.05, 0.1) is 0 Å². The molecule has 0 atom stereocenters. The highest BCUT2D eigenvalue weighted by molar-refractivity contribution is 7.99. The van der Waals surface area contributed by atoms with E-state index in [1.165, 1.54) is 11.8 Å². The van der Waals surface area contributed by atoms with Crippen LogP contribution in [0.1, 0.15) is 23.8 Å². The van der Waals surface area contributed by atoms with Gasteiger partial charge in [0, 0.05) is 23.7 Å². The maximum atomic E-state index is 11.4. The van der Waals surface area contributed by atoms with Crippen molar-refractivity contribution >= 4 is 17.5 Å². The average Bonchev–Trinajstić information content (AvgIpc) is 2.40. The molecule has 0 fully saturated rings. The van der Waals surface area contributed by atoms with Crippen LogP contribution in [0.3, 0.4) is 0 Å². The molecular weight excluding hydrogens is 232 g/mol. The van der Waals surface area contributed by atoms with Crippen molar-refractivity contribution in [2.75, 3.05) is 0 Å². The summed E-state index contributed by atoms with van der Waals surface area (Å²) in [7, 11) is 0. The predicted octanol–water partition coefficient (Wildman–Crippen LogP) is 3.22. The second-order valence-electron chi connectivity index (χ2n) is 3.43. The van der Waals surface area contributed by atoms with Crippen molar-refractivity contribution in [2.45, 2.75) is 23.3 Å². The third-order valence-electron chi connectivity index (χ3n) is 2.20. The number of hydrogen-bond donors (Lipinski definition) is 0. The van der Waals surface area contributed by atoms with Gasteiger partial charge in [-0.15, -0.1) is 0 Å². The molecule has 0 bridgehead atoms. The Morgan fingerprint density at radius 1 is 1.24 bits per heavy atom. The number of carbonyl (C=O) groups excluding carboxylic acids is 1. The van der Waals surface area contributed by atoms with Crippen LogP contribution in [-0.4, -0.2) is 15.8 Å². The van der Waals surface area contributed by atoms with Gasteiger partial charge >= 0.3 is 0 Å². The van der Waals surface area contributed by atoms with Crippen molar-refractivity contribution in [1.29, 1.82) is 0 Å². The second-order valence-corrected chi connectivity index (χ2v) is 4.52. The molecule has 17 heavy (non-hydrogen) atoms. The van der Waals surface area contributed by atoms with Crippen LogP contribution in [0.25, 0.3) is 0 Å². The molecule has 2 rings (SSSR count). The maximum absolute atomic E-state index is 11.4. The van der Waals surface area contributed by atoms with Crippen molar-refractivity contribution in [3.05, 3.63) is 48.4 Å². The number of pyridine rings is 2. The highest BCUT2D eigenvalue weighted by Crippen LogP contribution is 2.24. The van der Waals surface area contributed by atoms with E-state index in [2.05, 4.69) is 9.97 Å². The molecule has 2 aromatic heterocycles. The van der Waals surface area contributed by atoms with E-state index in [0.717, 1.165) is 9.92 Å². The first-order valence-corrected chi connectivity index (χ1v) is 6.19. The van der Waals surface area contributed by atoms with Gasteiger partial charge in [0.15, 0.2) is 5.78 Å².